The summed E-state index contributed by atoms with van der Waals surface area (Å²) in [6.45, 7) is 2.69. The topological polar surface area (TPSA) is 38.8 Å². The summed E-state index contributed by atoms with van der Waals surface area (Å²) in [6.07, 6.45) is 3.72. The van der Waals surface area contributed by atoms with Crippen LogP contribution in [0, 0.1) is 0 Å². The summed E-state index contributed by atoms with van der Waals surface area (Å²) in [5.41, 5.74) is 4.28. The minimum Gasteiger partial charge on any atom is -0.378 e. The van der Waals surface area contributed by atoms with E-state index >= 15 is 0 Å². The number of amides is 2. The van der Waals surface area contributed by atoms with Crippen LogP contribution in [0.1, 0.15) is 24.8 Å². The predicted octanol–water partition coefficient (Wildman–Crippen LogP) is 4.41. The molecule has 1 heterocycles. The number of carbonyl (C=O) groups excluding carboxylic acids is 1. The molecule has 1 fully saturated rings. The van der Waals surface area contributed by atoms with E-state index in [1.165, 1.54) is 19.3 Å². The van der Waals surface area contributed by atoms with Gasteiger partial charge in [-0.05, 0) is 49.1 Å². The fourth-order valence-electron chi connectivity index (χ4n) is 3.45. The van der Waals surface area contributed by atoms with Crippen molar-refractivity contribution in [3.63, 3.8) is 0 Å². The van der Waals surface area contributed by atoms with Gasteiger partial charge in [0.25, 0.3) is 0 Å². The number of rotatable bonds is 5. The van der Waals surface area contributed by atoms with Gasteiger partial charge < -0.3 is 20.0 Å². The molecule has 1 aliphatic heterocycles. The highest BCUT2D eigenvalue weighted by Crippen LogP contribution is 2.28. The van der Waals surface area contributed by atoms with E-state index in [9.17, 15) is 4.79 Å². The monoisotopic (exact) mass is 366 g/mol. The molecule has 1 saturated heterocycles. The molecule has 3 rings (SSSR count). The van der Waals surface area contributed by atoms with Crippen molar-refractivity contribution in [3.8, 4) is 0 Å². The van der Waals surface area contributed by atoms with Gasteiger partial charge in [0.05, 0.1) is 11.4 Å². The maximum atomic E-state index is 12.7. The molecule has 5 nitrogen and oxygen atoms in total. The predicted molar refractivity (Wildman–Crippen MR) is 114 cm³/mol. The molecule has 2 amide bonds. The third-order valence-corrected chi connectivity index (χ3v) is 5.06. The number of benzene rings is 2. The number of anilines is 3. The van der Waals surface area contributed by atoms with Crippen LogP contribution in [0.25, 0.3) is 0 Å². The Hall–Kier alpha value is -2.69. The van der Waals surface area contributed by atoms with Crippen molar-refractivity contribution >= 4 is 23.1 Å². The summed E-state index contributed by atoms with van der Waals surface area (Å²) >= 11 is 0. The van der Waals surface area contributed by atoms with E-state index in [0.29, 0.717) is 6.54 Å². The highest BCUT2D eigenvalue weighted by molar-refractivity contribution is 5.93. The quantitative estimate of drug-likeness (QED) is 0.852. The smallest absolute Gasteiger partial charge is 0.321 e. The number of carbonyl (C=O) groups is 1. The fraction of sp³-hybridized carbons (Fsp3) is 0.409. The molecule has 0 atom stereocenters. The first kappa shape index (κ1) is 19.1. The van der Waals surface area contributed by atoms with Crippen LogP contribution in [0.15, 0.2) is 48.5 Å². The zero-order valence-corrected chi connectivity index (χ0v) is 16.6. The molecule has 0 aliphatic carbocycles. The number of nitrogens with one attached hydrogen (secondary N) is 1. The van der Waals surface area contributed by atoms with E-state index in [0.717, 1.165) is 35.7 Å². The Balaban J connectivity index is 1.64. The molecule has 5 heteroatoms. The SMILES string of the molecule is CN(Cc1ccc(N(C)C)cc1)C(=O)Nc1ccccc1N1CCCCC1. The van der Waals surface area contributed by atoms with E-state index in [-0.39, 0.29) is 6.03 Å². The second-order valence-corrected chi connectivity index (χ2v) is 7.41. The zero-order chi connectivity index (χ0) is 19.2. The number of urea groups is 1. The zero-order valence-electron chi connectivity index (χ0n) is 16.6. The van der Waals surface area contributed by atoms with Crippen LogP contribution >= 0.6 is 0 Å². The molecule has 0 spiro atoms. The first-order valence-electron chi connectivity index (χ1n) is 9.67. The highest BCUT2D eigenvalue weighted by Gasteiger charge is 2.17. The van der Waals surface area contributed by atoms with Gasteiger partial charge in [-0.3, -0.25) is 0 Å². The van der Waals surface area contributed by atoms with Gasteiger partial charge in [-0.2, -0.15) is 0 Å². The second-order valence-electron chi connectivity index (χ2n) is 7.41. The summed E-state index contributed by atoms with van der Waals surface area (Å²) in [6, 6.07) is 16.3. The average Bonchev–Trinajstić information content (AvgIpc) is 2.69. The van der Waals surface area contributed by atoms with Gasteiger partial charge in [0.15, 0.2) is 0 Å². The van der Waals surface area contributed by atoms with Gasteiger partial charge in [0, 0.05) is 46.5 Å². The molecule has 27 heavy (non-hydrogen) atoms. The molecule has 1 aliphatic rings. The first-order valence-corrected chi connectivity index (χ1v) is 9.67. The van der Waals surface area contributed by atoms with Gasteiger partial charge >= 0.3 is 6.03 Å². The lowest BCUT2D eigenvalue weighted by atomic mass is 10.1. The van der Waals surface area contributed by atoms with Crippen molar-refractivity contribution < 1.29 is 4.79 Å². The van der Waals surface area contributed by atoms with E-state index < -0.39 is 0 Å². The summed E-state index contributed by atoms with van der Waals surface area (Å²) in [7, 11) is 5.88. The van der Waals surface area contributed by atoms with Crippen molar-refractivity contribution in [1.29, 1.82) is 0 Å². The Bertz CT molecular complexity index is 751. The van der Waals surface area contributed by atoms with Gasteiger partial charge in [-0.15, -0.1) is 0 Å². The van der Waals surface area contributed by atoms with E-state index in [4.69, 9.17) is 0 Å². The Morgan fingerprint density at radius 3 is 2.30 bits per heavy atom. The minimum absolute atomic E-state index is 0.0869. The van der Waals surface area contributed by atoms with Gasteiger partial charge in [-0.25, -0.2) is 4.79 Å². The summed E-state index contributed by atoms with van der Waals surface area (Å²) in [5.74, 6) is 0. The Labute approximate surface area is 162 Å². The number of piperidine rings is 1. The third kappa shape index (κ3) is 4.94. The van der Waals surface area contributed by atoms with Crippen molar-refractivity contribution in [2.24, 2.45) is 0 Å². The van der Waals surface area contributed by atoms with Crippen molar-refractivity contribution in [2.75, 3.05) is 49.3 Å². The molecule has 0 unspecified atom stereocenters. The van der Waals surface area contributed by atoms with Crippen molar-refractivity contribution in [3.05, 3.63) is 54.1 Å². The molecule has 2 aromatic rings. The van der Waals surface area contributed by atoms with Gasteiger partial charge in [-0.1, -0.05) is 24.3 Å². The second kappa shape index (κ2) is 8.80. The normalized spacial score (nSPS) is 14.0. The van der Waals surface area contributed by atoms with Crippen LogP contribution in [-0.4, -0.2) is 45.2 Å². The molecule has 1 N–H and O–H groups in total. The van der Waals surface area contributed by atoms with Crippen LogP contribution < -0.4 is 15.1 Å². The third-order valence-electron chi connectivity index (χ3n) is 5.06. The standard InChI is InChI=1S/C22H30N4O/c1-24(2)19-13-11-18(12-14-19)17-25(3)22(27)23-20-9-5-6-10-21(20)26-15-7-4-8-16-26/h5-6,9-14H,4,7-8,15-17H2,1-3H3,(H,23,27). The lowest BCUT2D eigenvalue weighted by Gasteiger charge is -2.31. The largest absolute Gasteiger partial charge is 0.378 e. The number of para-hydroxylation sites is 2. The fourth-order valence-corrected chi connectivity index (χ4v) is 3.45. The molecular formula is C22H30N4O. The van der Waals surface area contributed by atoms with E-state index in [1.807, 2.05) is 39.3 Å². The molecule has 0 aromatic heterocycles. The van der Waals surface area contributed by atoms with Crippen LogP contribution in [-0.2, 0) is 6.54 Å². The summed E-state index contributed by atoms with van der Waals surface area (Å²) in [5, 5.41) is 3.09. The summed E-state index contributed by atoms with van der Waals surface area (Å²) in [4.78, 5) is 18.9. The molecule has 2 aromatic carbocycles. The maximum absolute atomic E-state index is 12.7. The lowest BCUT2D eigenvalue weighted by molar-refractivity contribution is 0.220. The Morgan fingerprint density at radius 2 is 1.63 bits per heavy atom. The van der Waals surface area contributed by atoms with E-state index in [2.05, 4.69) is 45.4 Å². The van der Waals surface area contributed by atoms with Crippen LogP contribution in [0.5, 0.6) is 0 Å². The van der Waals surface area contributed by atoms with Gasteiger partial charge in [0.1, 0.15) is 0 Å². The maximum Gasteiger partial charge on any atom is 0.321 e. The molecule has 0 saturated carbocycles. The average molecular weight is 367 g/mol. The first-order chi connectivity index (χ1) is 13.0. The van der Waals surface area contributed by atoms with Crippen molar-refractivity contribution in [2.45, 2.75) is 25.8 Å². The molecule has 0 bridgehead atoms. The van der Waals surface area contributed by atoms with Crippen molar-refractivity contribution in [1.82, 2.24) is 4.90 Å². The lowest BCUT2D eigenvalue weighted by Crippen LogP contribution is -2.33. The van der Waals surface area contributed by atoms with Crippen LogP contribution in [0.2, 0.25) is 0 Å². The highest BCUT2D eigenvalue weighted by atomic mass is 16.2. The minimum atomic E-state index is -0.0869. The number of hydrogen-bond acceptors (Lipinski definition) is 3. The Morgan fingerprint density at radius 1 is 0.963 bits per heavy atom. The van der Waals surface area contributed by atoms with Crippen LogP contribution in [0.4, 0.5) is 21.9 Å². The molecule has 144 valence electrons. The number of hydrogen-bond donors (Lipinski definition) is 1. The molecular weight excluding hydrogens is 336 g/mol. The Kier molecular flexibility index (Phi) is 6.22. The van der Waals surface area contributed by atoms with Crippen LogP contribution in [0.3, 0.4) is 0 Å². The summed E-state index contributed by atoms with van der Waals surface area (Å²) < 4.78 is 0. The number of nitrogens with zero attached hydrogens (tertiary/aromatic N) is 3. The van der Waals surface area contributed by atoms with E-state index in [1.54, 1.807) is 4.90 Å². The van der Waals surface area contributed by atoms with Gasteiger partial charge in [0.2, 0.25) is 0 Å². The molecule has 0 radical (unpaired) electrons.